The van der Waals surface area contributed by atoms with Crippen LogP contribution >= 0.6 is 15.9 Å². The number of alkyl halides is 1. The van der Waals surface area contributed by atoms with Gasteiger partial charge in [-0.1, -0.05) is 15.9 Å². The Balaban J connectivity index is 0.000000347. The summed E-state index contributed by atoms with van der Waals surface area (Å²) in [6.07, 6.45) is 2.92. The van der Waals surface area contributed by atoms with Crippen LogP contribution in [0.2, 0.25) is 0 Å². The van der Waals surface area contributed by atoms with Crippen molar-refractivity contribution in [1.29, 1.82) is 0 Å². The van der Waals surface area contributed by atoms with E-state index in [0.717, 1.165) is 77.0 Å². The van der Waals surface area contributed by atoms with Gasteiger partial charge < -0.3 is 19.7 Å². The lowest BCUT2D eigenvalue weighted by molar-refractivity contribution is -0.121. The van der Waals surface area contributed by atoms with E-state index in [-0.39, 0.29) is 0 Å². The summed E-state index contributed by atoms with van der Waals surface area (Å²) in [6.45, 7) is 6.15. The molecule has 2 fully saturated rings. The lowest BCUT2D eigenvalue weighted by Gasteiger charge is -2.24. The van der Waals surface area contributed by atoms with E-state index >= 15 is 0 Å². The first-order valence-electron chi connectivity index (χ1n) is 8.14. The molecule has 0 radical (unpaired) electrons. The van der Waals surface area contributed by atoms with Gasteiger partial charge >= 0.3 is 0 Å². The largest absolute Gasteiger partial charge is 0.384 e. The van der Waals surface area contributed by atoms with Crippen LogP contribution in [0.15, 0.2) is 0 Å². The molecule has 2 aliphatic rings. The molecule has 0 bridgehead atoms. The van der Waals surface area contributed by atoms with Gasteiger partial charge in [-0.05, 0) is 0 Å². The fourth-order valence-corrected chi connectivity index (χ4v) is 2.35. The first-order valence-corrected chi connectivity index (χ1v) is 9.26. The highest BCUT2D eigenvalue weighted by Gasteiger charge is 2.14. The lowest BCUT2D eigenvalue weighted by atomic mass is 10.1. The highest BCUT2D eigenvalue weighted by Crippen LogP contribution is 2.04. The van der Waals surface area contributed by atoms with Gasteiger partial charge in [0.25, 0.3) is 0 Å². The van der Waals surface area contributed by atoms with Crippen molar-refractivity contribution in [3.63, 3.8) is 0 Å². The molecule has 0 aromatic carbocycles. The van der Waals surface area contributed by atoms with Crippen LogP contribution in [0.4, 0.5) is 0 Å². The first-order chi connectivity index (χ1) is 11.1. The molecule has 0 aromatic rings. The zero-order valence-electron chi connectivity index (χ0n) is 14.4. The van der Waals surface area contributed by atoms with Gasteiger partial charge in [-0.25, -0.2) is 0 Å². The van der Waals surface area contributed by atoms with E-state index in [9.17, 15) is 9.59 Å². The maximum atomic E-state index is 10.8. The average molecular weight is 395 g/mol. The quantitative estimate of drug-likeness (QED) is 0.708. The molecule has 0 spiro atoms. The number of hydrogen-bond donors (Lipinski definition) is 1. The molecule has 0 atom stereocenters. The fourth-order valence-electron chi connectivity index (χ4n) is 2.03. The van der Waals surface area contributed by atoms with Crippen LogP contribution in [-0.2, 0) is 19.1 Å². The number of hydrogen-bond acceptors (Lipinski definition) is 6. The number of nitrogens with one attached hydrogen (secondary N) is 1. The van der Waals surface area contributed by atoms with Gasteiger partial charge in [0, 0.05) is 78.0 Å². The molecule has 0 aliphatic carbocycles. The van der Waals surface area contributed by atoms with E-state index in [0.29, 0.717) is 11.6 Å². The molecule has 2 rings (SSSR count). The first kappa shape index (κ1) is 22.7. The van der Waals surface area contributed by atoms with E-state index < -0.39 is 0 Å². The van der Waals surface area contributed by atoms with Crippen molar-refractivity contribution in [2.75, 3.05) is 65.5 Å². The summed E-state index contributed by atoms with van der Waals surface area (Å²) in [5, 5.41) is 4.03. The van der Waals surface area contributed by atoms with Crippen LogP contribution in [0.1, 0.15) is 25.7 Å². The molecule has 0 unspecified atom stereocenters. The molecule has 2 saturated heterocycles. The van der Waals surface area contributed by atoms with Crippen molar-refractivity contribution in [2.24, 2.45) is 0 Å². The van der Waals surface area contributed by atoms with Crippen LogP contribution in [0.3, 0.4) is 0 Å². The monoisotopic (exact) mass is 394 g/mol. The molecule has 23 heavy (non-hydrogen) atoms. The number of rotatable bonds is 5. The minimum atomic E-state index is 0.402. The Bertz CT molecular complexity index is 296. The Hall–Kier alpha value is -0.340. The van der Waals surface area contributed by atoms with E-state index in [1.807, 2.05) is 0 Å². The highest BCUT2D eigenvalue weighted by atomic mass is 79.9. The maximum absolute atomic E-state index is 10.8. The predicted molar refractivity (Wildman–Crippen MR) is 95.3 cm³/mol. The van der Waals surface area contributed by atoms with Crippen LogP contribution in [0.5, 0.6) is 0 Å². The number of carbonyl (C=O) groups is 2. The third-order valence-corrected chi connectivity index (χ3v) is 3.79. The second-order valence-corrected chi connectivity index (χ2v) is 6.14. The Kier molecular flexibility index (Phi) is 16.3. The number of Topliss-reactive ketones (excluding diaryl/α,β-unsaturated/α-hetero) is 2. The smallest absolute Gasteiger partial charge is 0.135 e. The lowest BCUT2D eigenvalue weighted by Crippen LogP contribution is -2.35. The van der Waals surface area contributed by atoms with E-state index in [1.54, 1.807) is 14.2 Å². The summed E-state index contributed by atoms with van der Waals surface area (Å²) in [5.74, 6) is 0.803. The number of halogens is 1. The Morgan fingerprint density at radius 3 is 1.83 bits per heavy atom. The van der Waals surface area contributed by atoms with Crippen molar-refractivity contribution < 1.29 is 19.1 Å². The molecule has 2 aliphatic heterocycles. The summed E-state index contributed by atoms with van der Waals surface area (Å²) >= 11 is 3.18. The Morgan fingerprint density at radius 1 is 0.957 bits per heavy atom. The number of carbonyl (C=O) groups excluding carboxylic acids is 2. The van der Waals surface area contributed by atoms with Crippen LogP contribution < -0.4 is 5.32 Å². The number of likely N-dealkylation sites (tertiary alicyclic amines) is 1. The number of nitrogens with zero attached hydrogens (tertiary/aromatic N) is 1. The molecular weight excluding hydrogens is 364 g/mol. The normalized spacial score (nSPS) is 18.6. The average Bonchev–Trinajstić information content (AvgIpc) is 2.57. The third kappa shape index (κ3) is 15.0. The minimum Gasteiger partial charge on any atom is -0.384 e. The standard InChI is InChI=1S/C8H15NO2.C5H9NO.C3H7BrO/c1-11-7-6-9-4-2-8(10)3-5-9;7-5-1-3-6-4-2-5;1-5-3-2-4/h2-7H2,1H3;6H,1-4H2;2-3H2,1H3. The molecule has 0 aromatic heterocycles. The molecule has 0 amide bonds. The summed E-state index contributed by atoms with van der Waals surface area (Å²) in [6, 6.07) is 0. The van der Waals surface area contributed by atoms with Gasteiger partial charge in [-0.15, -0.1) is 0 Å². The van der Waals surface area contributed by atoms with E-state index in [2.05, 4.69) is 30.9 Å². The second kappa shape index (κ2) is 16.5. The highest BCUT2D eigenvalue weighted by molar-refractivity contribution is 9.09. The van der Waals surface area contributed by atoms with Gasteiger partial charge in [-0.3, -0.25) is 9.59 Å². The van der Waals surface area contributed by atoms with Gasteiger partial charge in [0.2, 0.25) is 0 Å². The molecular formula is C16H31BrN2O4. The predicted octanol–water partition coefficient (Wildman–Crippen LogP) is 1.26. The van der Waals surface area contributed by atoms with Gasteiger partial charge in [0.1, 0.15) is 11.6 Å². The molecule has 0 saturated carbocycles. The zero-order chi connectivity index (χ0) is 17.3. The molecule has 6 nitrogen and oxygen atoms in total. The zero-order valence-corrected chi connectivity index (χ0v) is 16.0. The molecule has 7 heteroatoms. The van der Waals surface area contributed by atoms with Gasteiger partial charge in [0.05, 0.1) is 13.2 Å². The number of piperidine rings is 2. The van der Waals surface area contributed by atoms with E-state index in [1.165, 1.54) is 0 Å². The Morgan fingerprint density at radius 2 is 1.48 bits per heavy atom. The number of ketones is 2. The van der Waals surface area contributed by atoms with Crippen molar-refractivity contribution in [3.8, 4) is 0 Å². The van der Waals surface area contributed by atoms with Crippen molar-refractivity contribution >= 4 is 27.5 Å². The summed E-state index contributed by atoms with van der Waals surface area (Å²) in [7, 11) is 3.39. The second-order valence-electron chi connectivity index (χ2n) is 5.34. The fraction of sp³-hybridized carbons (Fsp3) is 0.875. The van der Waals surface area contributed by atoms with Crippen LogP contribution in [-0.4, -0.2) is 82.0 Å². The topological polar surface area (TPSA) is 67.9 Å². The van der Waals surface area contributed by atoms with Crippen molar-refractivity contribution in [1.82, 2.24) is 10.2 Å². The van der Waals surface area contributed by atoms with Gasteiger partial charge in [-0.2, -0.15) is 0 Å². The molecule has 1 N–H and O–H groups in total. The van der Waals surface area contributed by atoms with Crippen molar-refractivity contribution in [3.05, 3.63) is 0 Å². The summed E-state index contributed by atoms with van der Waals surface area (Å²) < 4.78 is 9.59. The molecule has 136 valence electrons. The van der Waals surface area contributed by atoms with Crippen LogP contribution in [0.25, 0.3) is 0 Å². The third-order valence-electron chi connectivity index (χ3n) is 3.47. The van der Waals surface area contributed by atoms with E-state index in [4.69, 9.17) is 4.74 Å². The molecule has 2 heterocycles. The SMILES string of the molecule is COCCBr.COCCN1CCC(=O)CC1.O=C1CCNCC1. The van der Waals surface area contributed by atoms with Crippen molar-refractivity contribution in [2.45, 2.75) is 25.7 Å². The summed E-state index contributed by atoms with van der Waals surface area (Å²) in [5.41, 5.74) is 0. The van der Waals surface area contributed by atoms with Crippen LogP contribution in [0, 0.1) is 0 Å². The minimum absolute atomic E-state index is 0.402. The Labute approximate surface area is 148 Å². The maximum Gasteiger partial charge on any atom is 0.135 e. The van der Waals surface area contributed by atoms with Gasteiger partial charge in [0.15, 0.2) is 0 Å². The number of methoxy groups -OCH3 is 2. The number of ether oxygens (including phenoxy) is 2. The summed E-state index contributed by atoms with van der Waals surface area (Å²) in [4.78, 5) is 23.5.